The summed E-state index contributed by atoms with van der Waals surface area (Å²) in [5.41, 5.74) is 1.09. The zero-order chi connectivity index (χ0) is 28.5. The quantitative estimate of drug-likeness (QED) is 0.316. The van der Waals surface area contributed by atoms with E-state index in [1.807, 2.05) is 30.3 Å². The van der Waals surface area contributed by atoms with Crippen molar-refractivity contribution in [2.24, 2.45) is 0 Å². The molecule has 2 amide bonds. The maximum Gasteiger partial charge on any atom is 0.445 e. The molecule has 15 heteroatoms. The Balaban J connectivity index is 0.000000638. The zero-order valence-electron chi connectivity index (χ0n) is 20.3. The maximum atomic E-state index is 12.7. The highest BCUT2D eigenvalue weighted by molar-refractivity contribution is 7.15. The van der Waals surface area contributed by atoms with Gasteiger partial charge >= 0.3 is 18.1 Å². The molecule has 0 unspecified atom stereocenters. The number of nitrogens with zero attached hydrogens (tertiary/aromatic N) is 3. The number of carboxylic acid groups (broad SMARTS) is 1. The molecule has 1 saturated heterocycles. The lowest BCUT2D eigenvalue weighted by Crippen LogP contribution is -2.54. The van der Waals surface area contributed by atoms with E-state index in [9.17, 15) is 36.3 Å². The molecule has 0 spiro atoms. The minimum absolute atomic E-state index is 0.145. The number of anilines is 1. The molecule has 0 bridgehead atoms. The molecule has 208 valence electrons. The first-order valence-electron chi connectivity index (χ1n) is 11.2. The van der Waals surface area contributed by atoms with E-state index in [1.165, 1.54) is 13.1 Å². The summed E-state index contributed by atoms with van der Waals surface area (Å²) >= 11 is 0.289. The minimum atomic E-state index is -4.61. The zero-order valence-corrected chi connectivity index (χ0v) is 21.2. The predicted molar refractivity (Wildman–Crippen MR) is 129 cm³/mol. The summed E-state index contributed by atoms with van der Waals surface area (Å²) in [5.74, 6) is -6.38. The second-order valence-corrected chi connectivity index (χ2v) is 9.23. The number of carbonyl (C=O) groups excluding carboxylic acids is 2. The summed E-state index contributed by atoms with van der Waals surface area (Å²) in [6.45, 7) is 1.11. The average molecular weight is 564 g/mol. The van der Waals surface area contributed by atoms with Gasteiger partial charge in [-0.05, 0) is 31.4 Å². The third-order valence-corrected chi connectivity index (χ3v) is 6.22. The van der Waals surface area contributed by atoms with Crippen LogP contribution in [0.25, 0.3) is 0 Å². The fourth-order valence-corrected chi connectivity index (χ4v) is 3.53. The number of likely N-dealkylation sites (N-methyl/N-ethyl adjacent to an activating group) is 1. The summed E-state index contributed by atoms with van der Waals surface area (Å²) in [6, 6.07) is 9.06. The first-order valence-corrected chi connectivity index (χ1v) is 12.1. The Labute approximate surface area is 218 Å². The topological polar surface area (TPSA) is 125 Å². The van der Waals surface area contributed by atoms with Gasteiger partial charge in [0.15, 0.2) is 0 Å². The number of carboxylic acids is 1. The number of hydrogen-bond acceptors (Lipinski definition) is 7. The van der Waals surface area contributed by atoms with Crippen LogP contribution in [0.4, 0.5) is 27.1 Å². The van der Waals surface area contributed by atoms with Crippen LogP contribution in [-0.4, -0.2) is 64.7 Å². The van der Waals surface area contributed by atoms with Crippen LogP contribution in [-0.2, 0) is 27.0 Å². The van der Waals surface area contributed by atoms with E-state index in [4.69, 9.17) is 5.11 Å². The number of rotatable bonds is 9. The smallest absolute Gasteiger partial charge is 0.445 e. The van der Waals surface area contributed by atoms with Gasteiger partial charge in [-0.25, -0.2) is 4.79 Å². The van der Waals surface area contributed by atoms with Crippen molar-refractivity contribution in [3.05, 3.63) is 53.1 Å². The van der Waals surface area contributed by atoms with Crippen molar-refractivity contribution < 1.29 is 41.4 Å². The molecule has 1 aliphatic rings. The van der Waals surface area contributed by atoms with E-state index in [2.05, 4.69) is 20.8 Å². The SMILES string of the molecule is CC(F)(F)C(=O)O.CN(C(=O)/C=C/[C@H](CCc1ccccc1)NC(=O)[C@@H]1CCN1)c1nnc(C(F)(F)F)s1. The van der Waals surface area contributed by atoms with Gasteiger partial charge in [0.25, 0.3) is 5.91 Å². The van der Waals surface area contributed by atoms with E-state index in [0.717, 1.165) is 23.4 Å². The maximum absolute atomic E-state index is 12.7. The summed E-state index contributed by atoms with van der Waals surface area (Å²) < 4.78 is 60.6. The van der Waals surface area contributed by atoms with Crippen LogP contribution < -0.4 is 15.5 Å². The van der Waals surface area contributed by atoms with E-state index in [1.54, 1.807) is 6.08 Å². The highest BCUT2D eigenvalue weighted by Gasteiger charge is 2.36. The van der Waals surface area contributed by atoms with Crippen LogP contribution in [0.1, 0.15) is 30.3 Å². The van der Waals surface area contributed by atoms with Gasteiger partial charge < -0.3 is 15.7 Å². The van der Waals surface area contributed by atoms with Gasteiger partial charge in [0, 0.05) is 26.1 Å². The van der Waals surface area contributed by atoms with Crippen molar-refractivity contribution >= 4 is 34.3 Å². The Morgan fingerprint density at radius 1 is 1.21 bits per heavy atom. The number of alkyl halides is 5. The van der Waals surface area contributed by atoms with Crippen molar-refractivity contribution in [1.82, 2.24) is 20.8 Å². The van der Waals surface area contributed by atoms with Gasteiger partial charge in [-0.3, -0.25) is 14.5 Å². The van der Waals surface area contributed by atoms with Gasteiger partial charge in [0.05, 0.1) is 6.04 Å². The third-order valence-electron chi connectivity index (χ3n) is 5.18. The Kier molecular flexibility index (Phi) is 10.8. The van der Waals surface area contributed by atoms with E-state index in [0.29, 0.717) is 19.8 Å². The van der Waals surface area contributed by atoms with Crippen LogP contribution in [0.15, 0.2) is 42.5 Å². The van der Waals surface area contributed by atoms with Crippen molar-refractivity contribution in [3.8, 4) is 0 Å². The number of aliphatic carboxylic acids is 1. The molecule has 1 aromatic carbocycles. The number of aromatic nitrogens is 2. The largest absolute Gasteiger partial charge is 0.477 e. The van der Waals surface area contributed by atoms with Crippen LogP contribution in [0.2, 0.25) is 0 Å². The predicted octanol–water partition coefficient (Wildman–Crippen LogP) is 3.28. The van der Waals surface area contributed by atoms with Gasteiger partial charge in [-0.2, -0.15) is 22.0 Å². The number of benzene rings is 1. The second-order valence-electron chi connectivity index (χ2n) is 8.27. The lowest BCUT2D eigenvalue weighted by molar-refractivity contribution is -0.162. The fraction of sp³-hybridized carbons (Fsp3) is 0.435. The standard InChI is InChI=1S/C20H22F3N5O2S.C3H4F2O2/c1-28(19-27-26-18(31-19)20(21,22)23)16(29)10-9-14(25-17(30)15-11-12-24-15)8-7-13-5-3-2-4-6-13;1-3(4,5)2(6)7/h2-6,9-10,14-15,24H,7-8,11-12H2,1H3,(H,25,30);1H3,(H,6,7)/b10-9+;/t14-,15-;/m0./s1. The lowest BCUT2D eigenvalue weighted by Gasteiger charge is -2.28. The lowest BCUT2D eigenvalue weighted by atomic mass is 10.0. The molecule has 2 aromatic rings. The number of nitrogens with one attached hydrogen (secondary N) is 2. The Bertz CT molecular complexity index is 1120. The first kappa shape index (κ1) is 30.8. The monoisotopic (exact) mass is 563 g/mol. The van der Waals surface area contributed by atoms with Crippen molar-refractivity contribution in [1.29, 1.82) is 0 Å². The van der Waals surface area contributed by atoms with Crippen molar-refractivity contribution in [2.75, 3.05) is 18.5 Å². The highest BCUT2D eigenvalue weighted by atomic mass is 32.1. The van der Waals surface area contributed by atoms with Crippen molar-refractivity contribution in [3.63, 3.8) is 0 Å². The van der Waals surface area contributed by atoms with Gasteiger partial charge in [0.1, 0.15) is 0 Å². The van der Waals surface area contributed by atoms with E-state index >= 15 is 0 Å². The van der Waals surface area contributed by atoms with Crippen molar-refractivity contribution in [2.45, 2.75) is 50.4 Å². The molecule has 0 aliphatic carbocycles. The average Bonchev–Trinajstić information content (AvgIpc) is 3.30. The van der Waals surface area contributed by atoms with Gasteiger partial charge in [0.2, 0.25) is 16.0 Å². The molecule has 38 heavy (non-hydrogen) atoms. The molecular formula is C23H26F5N5O4S. The summed E-state index contributed by atoms with van der Waals surface area (Å²) in [6.07, 6.45) is 0.179. The molecule has 0 saturated carbocycles. The summed E-state index contributed by atoms with van der Waals surface area (Å²) in [5, 5.41) is 18.7. The molecule has 9 nitrogen and oxygen atoms in total. The molecule has 0 radical (unpaired) electrons. The second kappa shape index (κ2) is 13.4. The highest BCUT2D eigenvalue weighted by Crippen LogP contribution is 2.34. The van der Waals surface area contributed by atoms with Crippen LogP contribution >= 0.6 is 11.3 Å². The number of carbonyl (C=O) groups is 3. The Morgan fingerprint density at radius 2 is 1.82 bits per heavy atom. The molecule has 3 N–H and O–H groups in total. The number of hydrogen-bond donors (Lipinski definition) is 3. The molecule has 2 atom stereocenters. The van der Waals surface area contributed by atoms with Gasteiger partial charge in [-0.1, -0.05) is 47.7 Å². The number of halogens is 5. The molecule has 1 fully saturated rings. The number of aryl methyl sites for hydroxylation is 1. The minimum Gasteiger partial charge on any atom is -0.477 e. The normalized spacial score (nSPS) is 16.1. The van der Waals surface area contributed by atoms with E-state index in [-0.39, 0.29) is 28.4 Å². The van der Waals surface area contributed by atoms with E-state index < -0.39 is 35.0 Å². The first-order chi connectivity index (χ1) is 17.7. The molecule has 3 rings (SSSR count). The third kappa shape index (κ3) is 9.78. The summed E-state index contributed by atoms with van der Waals surface area (Å²) in [7, 11) is 1.32. The molecular weight excluding hydrogens is 537 g/mol. The molecule has 1 aromatic heterocycles. The van der Waals surface area contributed by atoms with Crippen LogP contribution in [0.3, 0.4) is 0 Å². The van der Waals surface area contributed by atoms with Gasteiger partial charge in [-0.15, -0.1) is 10.2 Å². The molecule has 2 heterocycles. The molecule has 1 aliphatic heterocycles. The summed E-state index contributed by atoms with van der Waals surface area (Å²) in [4.78, 5) is 35.0. The van der Waals surface area contributed by atoms with Crippen LogP contribution in [0.5, 0.6) is 0 Å². The van der Waals surface area contributed by atoms with Crippen LogP contribution in [0, 0.1) is 0 Å². The number of amides is 2. The Morgan fingerprint density at radius 3 is 2.29 bits per heavy atom. The Hall–Kier alpha value is -3.46. The fourth-order valence-electron chi connectivity index (χ4n) is 2.85.